The fourth-order valence-electron chi connectivity index (χ4n) is 2.64. The summed E-state index contributed by atoms with van der Waals surface area (Å²) in [6, 6.07) is 11.0. The van der Waals surface area contributed by atoms with Crippen molar-refractivity contribution in [3.63, 3.8) is 0 Å². The summed E-state index contributed by atoms with van der Waals surface area (Å²) in [5.74, 6) is 1.83. The van der Waals surface area contributed by atoms with Gasteiger partial charge >= 0.3 is 5.69 Å². The zero-order valence-electron chi connectivity index (χ0n) is 13.4. The van der Waals surface area contributed by atoms with Gasteiger partial charge in [-0.2, -0.15) is 0 Å². The van der Waals surface area contributed by atoms with Crippen molar-refractivity contribution in [2.24, 2.45) is 0 Å². The number of hydrogen-bond acceptors (Lipinski definition) is 6. The maximum absolute atomic E-state index is 12.3. The molecule has 8 heteroatoms. The fraction of sp³-hybridized carbons (Fsp3) is 0.118. The first-order valence-electron chi connectivity index (χ1n) is 7.62. The Kier molecular flexibility index (Phi) is 3.70. The van der Waals surface area contributed by atoms with Crippen molar-refractivity contribution >= 4 is 22.7 Å². The Morgan fingerprint density at radius 3 is 2.92 bits per heavy atom. The van der Waals surface area contributed by atoms with Gasteiger partial charge in [-0.3, -0.25) is 4.57 Å². The van der Waals surface area contributed by atoms with Crippen LogP contribution in [0, 0.1) is 0 Å². The zero-order chi connectivity index (χ0) is 17.2. The number of aromatic amines is 1. The average Bonchev–Trinajstić information content (AvgIpc) is 3.25. The fourth-order valence-corrected chi connectivity index (χ4v) is 2.64. The maximum atomic E-state index is 12.3. The lowest BCUT2D eigenvalue weighted by molar-refractivity contribution is 0.417. The molecule has 0 aliphatic rings. The number of imidazole rings is 1. The monoisotopic (exact) mass is 337 g/mol. The number of nitrogens with one attached hydrogen (secondary N) is 2. The molecule has 126 valence electrons. The Labute approximate surface area is 142 Å². The third-order valence-electron chi connectivity index (χ3n) is 3.81. The lowest BCUT2D eigenvalue weighted by Gasteiger charge is -2.10. The molecular formula is C17H15N5O3. The molecule has 0 aliphatic heterocycles. The number of para-hydroxylation sites is 2. The molecule has 0 fully saturated rings. The van der Waals surface area contributed by atoms with E-state index in [0.717, 1.165) is 5.69 Å². The van der Waals surface area contributed by atoms with Gasteiger partial charge in [0.2, 0.25) is 0 Å². The molecule has 0 bridgehead atoms. The molecular weight excluding hydrogens is 322 g/mol. The van der Waals surface area contributed by atoms with Crippen LogP contribution in [0.1, 0.15) is 5.76 Å². The smallest absolute Gasteiger partial charge is 0.328 e. The Hall–Kier alpha value is -3.55. The van der Waals surface area contributed by atoms with Crippen LogP contribution in [0.15, 0.2) is 58.2 Å². The number of benzene rings is 1. The van der Waals surface area contributed by atoms with Crippen LogP contribution in [0.25, 0.3) is 11.2 Å². The Balaban J connectivity index is 1.77. The van der Waals surface area contributed by atoms with Gasteiger partial charge in [-0.25, -0.2) is 14.8 Å². The van der Waals surface area contributed by atoms with Crippen molar-refractivity contribution in [1.29, 1.82) is 0 Å². The zero-order valence-corrected chi connectivity index (χ0v) is 13.4. The summed E-state index contributed by atoms with van der Waals surface area (Å²) in [5, 5.41) is 3.18. The van der Waals surface area contributed by atoms with E-state index < -0.39 is 0 Å². The summed E-state index contributed by atoms with van der Waals surface area (Å²) in [7, 11) is 1.60. The summed E-state index contributed by atoms with van der Waals surface area (Å²) in [6.45, 7) is 0.289. The number of aromatic nitrogens is 4. The SMILES string of the molecule is COc1ccccc1Nc1ncnc2c1[nH]c(=O)n2Cc1ccco1. The van der Waals surface area contributed by atoms with E-state index in [1.54, 1.807) is 25.5 Å². The van der Waals surface area contributed by atoms with Gasteiger partial charge < -0.3 is 19.5 Å². The van der Waals surface area contributed by atoms with E-state index >= 15 is 0 Å². The number of hydrogen-bond donors (Lipinski definition) is 2. The number of rotatable bonds is 5. The molecule has 0 spiro atoms. The van der Waals surface area contributed by atoms with Crippen molar-refractivity contribution in [3.8, 4) is 5.75 Å². The van der Waals surface area contributed by atoms with E-state index in [9.17, 15) is 4.79 Å². The second kappa shape index (κ2) is 6.16. The molecule has 0 saturated heterocycles. The maximum Gasteiger partial charge on any atom is 0.328 e. The van der Waals surface area contributed by atoms with Gasteiger partial charge in [-0.05, 0) is 24.3 Å². The minimum atomic E-state index is -0.282. The first-order valence-corrected chi connectivity index (χ1v) is 7.62. The van der Waals surface area contributed by atoms with E-state index in [4.69, 9.17) is 9.15 Å². The number of nitrogens with zero attached hydrogens (tertiary/aromatic N) is 3. The molecule has 0 radical (unpaired) electrons. The van der Waals surface area contributed by atoms with Crippen LogP contribution in [0.2, 0.25) is 0 Å². The summed E-state index contributed by atoms with van der Waals surface area (Å²) in [6.07, 6.45) is 2.98. The molecule has 4 rings (SSSR count). The van der Waals surface area contributed by atoms with E-state index in [1.807, 2.05) is 24.3 Å². The topological polar surface area (TPSA) is 98.0 Å². The largest absolute Gasteiger partial charge is 0.495 e. The second-order valence-corrected chi connectivity index (χ2v) is 5.34. The minimum Gasteiger partial charge on any atom is -0.495 e. The van der Waals surface area contributed by atoms with Crippen LogP contribution >= 0.6 is 0 Å². The first-order chi connectivity index (χ1) is 12.3. The quantitative estimate of drug-likeness (QED) is 0.581. The summed E-state index contributed by atoms with van der Waals surface area (Å²) in [5.41, 5.74) is 1.47. The van der Waals surface area contributed by atoms with Crippen LogP contribution in [-0.2, 0) is 6.54 Å². The molecule has 8 nitrogen and oxygen atoms in total. The highest BCUT2D eigenvalue weighted by molar-refractivity contribution is 5.85. The summed E-state index contributed by atoms with van der Waals surface area (Å²) < 4.78 is 12.2. The van der Waals surface area contributed by atoms with Gasteiger partial charge in [-0.15, -0.1) is 0 Å². The Morgan fingerprint density at radius 2 is 2.12 bits per heavy atom. The number of furan rings is 1. The van der Waals surface area contributed by atoms with Crippen molar-refractivity contribution in [3.05, 3.63) is 65.2 Å². The number of ether oxygens (including phenoxy) is 1. The summed E-state index contributed by atoms with van der Waals surface area (Å²) in [4.78, 5) is 23.6. The molecule has 3 aromatic heterocycles. The van der Waals surface area contributed by atoms with Crippen molar-refractivity contribution < 1.29 is 9.15 Å². The standard InChI is InChI=1S/C17H15N5O3/c1-24-13-7-3-2-6-12(13)20-15-14-16(19-10-18-15)22(17(23)21-14)9-11-5-4-8-25-11/h2-8,10H,9H2,1H3,(H,21,23)(H,18,19,20). The van der Waals surface area contributed by atoms with E-state index in [-0.39, 0.29) is 12.2 Å². The third kappa shape index (κ3) is 2.74. The van der Waals surface area contributed by atoms with Crippen LogP contribution in [-0.4, -0.2) is 26.6 Å². The van der Waals surface area contributed by atoms with Crippen molar-refractivity contribution in [2.75, 3.05) is 12.4 Å². The van der Waals surface area contributed by atoms with Crippen molar-refractivity contribution in [1.82, 2.24) is 19.5 Å². The average molecular weight is 337 g/mol. The number of fused-ring (bicyclic) bond motifs is 1. The van der Waals surface area contributed by atoms with Crippen molar-refractivity contribution in [2.45, 2.75) is 6.54 Å². The predicted molar refractivity (Wildman–Crippen MR) is 92.2 cm³/mol. The van der Waals surface area contributed by atoms with Gasteiger partial charge in [0, 0.05) is 0 Å². The van der Waals surface area contributed by atoms with Gasteiger partial charge in [0.25, 0.3) is 0 Å². The third-order valence-corrected chi connectivity index (χ3v) is 3.81. The van der Waals surface area contributed by atoms with Crippen LogP contribution in [0.5, 0.6) is 5.75 Å². The lowest BCUT2D eigenvalue weighted by atomic mass is 10.3. The Bertz CT molecular complexity index is 1070. The molecule has 0 amide bonds. The molecule has 2 N–H and O–H groups in total. The van der Waals surface area contributed by atoms with E-state index in [2.05, 4.69) is 20.3 Å². The van der Waals surface area contributed by atoms with Gasteiger partial charge in [0.05, 0.1) is 25.6 Å². The highest BCUT2D eigenvalue weighted by atomic mass is 16.5. The molecule has 0 saturated carbocycles. The normalized spacial score (nSPS) is 10.9. The number of methoxy groups -OCH3 is 1. The second-order valence-electron chi connectivity index (χ2n) is 5.34. The predicted octanol–water partition coefficient (Wildman–Crippen LogP) is 2.51. The molecule has 25 heavy (non-hydrogen) atoms. The minimum absolute atomic E-state index is 0.282. The molecule has 0 aliphatic carbocycles. The molecule has 1 aromatic carbocycles. The van der Waals surface area contributed by atoms with E-state index in [0.29, 0.717) is 28.5 Å². The molecule has 0 unspecified atom stereocenters. The molecule has 3 heterocycles. The van der Waals surface area contributed by atoms with Crippen LogP contribution in [0.3, 0.4) is 0 Å². The first kappa shape index (κ1) is 15.0. The highest BCUT2D eigenvalue weighted by Crippen LogP contribution is 2.28. The van der Waals surface area contributed by atoms with Crippen LogP contribution in [0.4, 0.5) is 11.5 Å². The number of anilines is 2. The summed E-state index contributed by atoms with van der Waals surface area (Å²) >= 11 is 0. The van der Waals surface area contributed by atoms with Gasteiger partial charge in [0.1, 0.15) is 23.4 Å². The van der Waals surface area contributed by atoms with Gasteiger partial charge in [-0.1, -0.05) is 12.1 Å². The van der Waals surface area contributed by atoms with E-state index in [1.165, 1.54) is 10.9 Å². The highest BCUT2D eigenvalue weighted by Gasteiger charge is 2.15. The molecule has 0 atom stereocenters. The van der Waals surface area contributed by atoms with Crippen LogP contribution < -0.4 is 15.7 Å². The Morgan fingerprint density at radius 1 is 1.24 bits per heavy atom. The number of H-pyrrole nitrogens is 1. The van der Waals surface area contributed by atoms with Gasteiger partial charge in [0.15, 0.2) is 11.5 Å². The lowest BCUT2D eigenvalue weighted by Crippen LogP contribution is -2.17. The molecule has 4 aromatic rings.